The second-order valence-corrected chi connectivity index (χ2v) is 7.60. The Hall–Kier alpha value is -2.04. The number of likely N-dealkylation sites (tertiary alicyclic amines) is 1. The van der Waals surface area contributed by atoms with Crippen molar-refractivity contribution in [3.63, 3.8) is 0 Å². The van der Waals surface area contributed by atoms with Crippen LogP contribution in [0.1, 0.15) is 67.3 Å². The van der Waals surface area contributed by atoms with E-state index >= 15 is 0 Å². The van der Waals surface area contributed by atoms with E-state index in [1.54, 1.807) is 0 Å². The van der Waals surface area contributed by atoms with E-state index < -0.39 is 0 Å². The highest BCUT2D eigenvalue weighted by molar-refractivity contribution is 5.94. The molecular formula is C21H31N3O2. The number of carbonyl (C=O) groups excluding carboxylic acids is 2. The second-order valence-electron chi connectivity index (χ2n) is 7.60. The van der Waals surface area contributed by atoms with Crippen molar-refractivity contribution in [1.29, 1.82) is 0 Å². The number of nitrogens with zero attached hydrogens (tertiary/aromatic N) is 1. The first-order valence-corrected chi connectivity index (χ1v) is 10.1. The summed E-state index contributed by atoms with van der Waals surface area (Å²) in [6.45, 7) is 2.96. The lowest BCUT2D eigenvalue weighted by atomic mass is 10.0. The van der Waals surface area contributed by atoms with Gasteiger partial charge in [0, 0.05) is 31.7 Å². The summed E-state index contributed by atoms with van der Waals surface area (Å²) in [5.41, 5.74) is 1.74. The zero-order valence-electron chi connectivity index (χ0n) is 15.6. The topological polar surface area (TPSA) is 61.4 Å². The molecule has 0 atom stereocenters. The number of hydrogen-bond donors (Lipinski definition) is 2. The van der Waals surface area contributed by atoms with Gasteiger partial charge in [-0.05, 0) is 49.3 Å². The molecule has 1 saturated carbocycles. The van der Waals surface area contributed by atoms with Gasteiger partial charge in [-0.1, -0.05) is 37.8 Å². The Morgan fingerprint density at radius 2 is 1.62 bits per heavy atom. The molecule has 0 aromatic heterocycles. The average molecular weight is 357 g/mol. The van der Waals surface area contributed by atoms with Crippen molar-refractivity contribution >= 4 is 11.9 Å². The van der Waals surface area contributed by atoms with Crippen LogP contribution in [-0.2, 0) is 6.54 Å². The van der Waals surface area contributed by atoms with Gasteiger partial charge in [0.05, 0.1) is 0 Å². The van der Waals surface area contributed by atoms with Crippen LogP contribution >= 0.6 is 0 Å². The number of amides is 3. The molecule has 0 bridgehead atoms. The SMILES string of the molecule is O=C(NCCC1CCCC1)NCc1ccc(C(=O)N2CCCCC2)cc1. The normalized spacial score (nSPS) is 17.9. The smallest absolute Gasteiger partial charge is 0.315 e. The first-order chi connectivity index (χ1) is 12.7. The first kappa shape index (κ1) is 18.7. The standard InChI is InChI=1S/C21H31N3O2/c25-20(24-14-4-1-5-15-24)19-10-8-18(9-11-19)16-23-21(26)22-13-12-17-6-2-3-7-17/h8-11,17H,1-7,12-16H2,(H2,22,23,26). The highest BCUT2D eigenvalue weighted by Crippen LogP contribution is 2.26. The van der Waals surface area contributed by atoms with Crippen LogP contribution in [0.25, 0.3) is 0 Å². The number of benzene rings is 1. The van der Waals surface area contributed by atoms with E-state index in [0.29, 0.717) is 6.54 Å². The van der Waals surface area contributed by atoms with Gasteiger partial charge in [-0.25, -0.2) is 4.79 Å². The number of piperidine rings is 1. The van der Waals surface area contributed by atoms with Gasteiger partial charge in [0.2, 0.25) is 0 Å². The largest absolute Gasteiger partial charge is 0.339 e. The van der Waals surface area contributed by atoms with E-state index in [4.69, 9.17) is 0 Å². The van der Waals surface area contributed by atoms with Crippen LogP contribution in [0.15, 0.2) is 24.3 Å². The van der Waals surface area contributed by atoms with E-state index in [1.165, 1.54) is 32.1 Å². The Balaban J connectivity index is 1.38. The van der Waals surface area contributed by atoms with Crippen molar-refractivity contribution in [3.8, 4) is 0 Å². The molecule has 26 heavy (non-hydrogen) atoms. The van der Waals surface area contributed by atoms with E-state index in [2.05, 4.69) is 10.6 Å². The fourth-order valence-corrected chi connectivity index (χ4v) is 3.98. The molecule has 2 N–H and O–H groups in total. The van der Waals surface area contributed by atoms with Crippen LogP contribution in [0.5, 0.6) is 0 Å². The Labute approximate surface area is 156 Å². The number of urea groups is 1. The lowest BCUT2D eigenvalue weighted by molar-refractivity contribution is 0.0724. The minimum Gasteiger partial charge on any atom is -0.339 e. The predicted octanol–water partition coefficient (Wildman–Crippen LogP) is 3.69. The molecule has 2 fully saturated rings. The molecule has 3 rings (SSSR count). The molecule has 5 heteroatoms. The van der Waals surface area contributed by atoms with Gasteiger partial charge >= 0.3 is 6.03 Å². The molecule has 1 aromatic rings. The third-order valence-electron chi connectivity index (χ3n) is 5.61. The molecule has 1 aromatic carbocycles. The molecule has 0 radical (unpaired) electrons. The van der Waals surface area contributed by atoms with E-state index in [1.807, 2.05) is 29.2 Å². The van der Waals surface area contributed by atoms with Crippen LogP contribution in [0.2, 0.25) is 0 Å². The maximum atomic E-state index is 12.5. The predicted molar refractivity (Wildman–Crippen MR) is 103 cm³/mol. The molecule has 1 aliphatic heterocycles. The number of nitrogens with one attached hydrogen (secondary N) is 2. The van der Waals surface area contributed by atoms with Crippen LogP contribution in [0.4, 0.5) is 4.79 Å². The summed E-state index contributed by atoms with van der Waals surface area (Å²) in [7, 11) is 0. The van der Waals surface area contributed by atoms with Crippen LogP contribution < -0.4 is 10.6 Å². The Morgan fingerprint density at radius 3 is 2.31 bits per heavy atom. The van der Waals surface area contributed by atoms with Gasteiger partial charge in [-0.15, -0.1) is 0 Å². The summed E-state index contributed by atoms with van der Waals surface area (Å²) in [5.74, 6) is 0.911. The molecule has 1 aliphatic carbocycles. The van der Waals surface area contributed by atoms with Gasteiger partial charge in [0.1, 0.15) is 0 Å². The van der Waals surface area contributed by atoms with Crippen molar-refractivity contribution in [3.05, 3.63) is 35.4 Å². The highest BCUT2D eigenvalue weighted by Gasteiger charge is 2.18. The Kier molecular flexibility index (Phi) is 6.92. The molecule has 2 aliphatic rings. The van der Waals surface area contributed by atoms with Crippen LogP contribution in [-0.4, -0.2) is 36.5 Å². The lowest BCUT2D eigenvalue weighted by Gasteiger charge is -2.26. The molecule has 0 unspecified atom stereocenters. The van der Waals surface area contributed by atoms with Crippen LogP contribution in [0, 0.1) is 5.92 Å². The Morgan fingerprint density at radius 1 is 0.923 bits per heavy atom. The quantitative estimate of drug-likeness (QED) is 0.815. The monoisotopic (exact) mass is 357 g/mol. The summed E-state index contributed by atoms with van der Waals surface area (Å²) >= 11 is 0. The van der Waals surface area contributed by atoms with Crippen LogP contribution in [0.3, 0.4) is 0 Å². The third kappa shape index (κ3) is 5.48. The minimum absolute atomic E-state index is 0.114. The highest BCUT2D eigenvalue weighted by atomic mass is 16.2. The molecular weight excluding hydrogens is 326 g/mol. The van der Waals surface area contributed by atoms with Crippen molar-refractivity contribution in [2.24, 2.45) is 5.92 Å². The van der Waals surface area contributed by atoms with Crippen molar-refractivity contribution in [1.82, 2.24) is 15.5 Å². The maximum Gasteiger partial charge on any atom is 0.315 e. The summed E-state index contributed by atoms with van der Waals surface area (Å²) in [6, 6.07) is 7.47. The minimum atomic E-state index is -0.114. The second kappa shape index (κ2) is 9.60. The number of rotatable bonds is 6. The van der Waals surface area contributed by atoms with E-state index in [-0.39, 0.29) is 11.9 Å². The van der Waals surface area contributed by atoms with E-state index in [9.17, 15) is 9.59 Å². The maximum absolute atomic E-state index is 12.5. The number of hydrogen-bond acceptors (Lipinski definition) is 2. The lowest BCUT2D eigenvalue weighted by Crippen LogP contribution is -2.36. The Bertz CT molecular complexity index is 588. The number of carbonyl (C=O) groups is 2. The summed E-state index contributed by atoms with van der Waals surface area (Å²) in [6.07, 6.45) is 9.81. The molecule has 0 spiro atoms. The third-order valence-corrected chi connectivity index (χ3v) is 5.61. The zero-order valence-corrected chi connectivity index (χ0v) is 15.6. The molecule has 5 nitrogen and oxygen atoms in total. The summed E-state index contributed by atoms with van der Waals surface area (Å²) in [4.78, 5) is 26.3. The van der Waals surface area contributed by atoms with Gasteiger partial charge in [0.15, 0.2) is 0 Å². The van der Waals surface area contributed by atoms with Crippen molar-refractivity contribution in [2.75, 3.05) is 19.6 Å². The fraction of sp³-hybridized carbons (Fsp3) is 0.619. The molecule has 3 amide bonds. The zero-order chi connectivity index (χ0) is 18.2. The van der Waals surface area contributed by atoms with Crippen molar-refractivity contribution < 1.29 is 9.59 Å². The molecule has 142 valence electrons. The molecule has 1 heterocycles. The first-order valence-electron chi connectivity index (χ1n) is 10.1. The van der Waals surface area contributed by atoms with Gasteiger partial charge < -0.3 is 15.5 Å². The average Bonchev–Trinajstić information content (AvgIpc) is 3.20. The summed E-state index contributed by atoms with van der Waals surface area (Å²) < 4.78 is 0. The summed E-state index contributed by atoms with van der Waals surface area (Å²) in [5, 5.41) is 5.83. The van der Waals surface area contributed by atoms with Gasteiger partial charge in [-0.2, -0.15) is 0 Å². The van der Waals surface area contributed by atoms with Gasteiger partial charge in [-0.3, -0.25) is 4.79 Å². The fourth-order valence-electron chi connectivity index (χ4n) is 3.98. The molecule has 1 saturated heterocycles. The van der Waals surface area contributed by atoms with Gasteiger partial charge in [0.25, 0.3) is 5.91 Å². The van der Waals surface area contributed by atoms with E-state index in [0.717, 1.165) is 55.9 Å². The van der Waals surface area contributed by atoms with Crippen molar-refractivity contribution in [2.45, 2.75) is 57.9 Å².